The Balaban J connectivity index is 2.34. The lowest BCUT2D eigenvalue weighted by Crippen LogP contribution is -2.18. The fraction of sp³-hybridized carbons (Fsp3) is 0.357. The third-order valence-electron chi connectivity index (χ3n) is 3.68. The molecule has 1 fully saturated rings. The molecule has 0 heterocycles. The fourth-order valence-electron chi connectivity index (χ4n) is 2.23. The van der Waals surface area contributed by atoms with Crippen molar-refractivity contribution in [2.75, 3.05) is 0 Å². The van der Waals surface area contributed by atoms with Crippen molar-refractivity contribution < 1.29 is 9.90 Å². The molecule has 1 unspecified atom stereocenters. The Hall–Kier alpha value is -0.990. The highest BCUT2D eigenvalue weighted by Gasteiger charge is 2.65. The maximum absolute atomic E-state index is 11.4. The Morgan fingerprint density at radius 3 is 2.22 bits per heavy atom. The summed E-state index contributed by atoms with van der Waals surface area (Å²) in [6.07, 6.45) is 2.26. The highest BCUT2D eigenvalue weighted by atomic mass is 35.5. The molecule has 0 spiro atoms. The van der Waals surface area contributed by atoms with Crippen LogP contribution in [0.15, 0.2) is 30.3 Å². The zero-order chi connectivity index (χ0) is 13.6. The van der Waals surface area contributed by atoms with Crippen LogP contribution in [0.2, 0.25) is 5.02 Å². The van der Waals surface area contributed by atoms with E-state index in [0.717, 1.165) is 5.56 Å². The van der Waals surface area contributed by atoms with Gasteiger partial charge in [0.2, 0.25) is 0 Å². The van der Waals surface area contributed by atoms with E-state index in [1.54, 1.807) is 30.3 Å². The monoisotopic (exact) mass is 284 g/mol. The lowest BCUT2D eigenvalue weighted by atomic mass is 9.94. The highest BCUT2D eigenvalue weighted by molar-refractivity contribution is 6.49. The van der Waals surface area contributed by atoms with Crippen molar-refractivity contribution in [1.82, 2.24) is 0 Å². The first-order chi connectivity index (χ1) is 8.28. The van der Waals surface area contributed by atoms with Gasteiger partial charge in [0.1, 0.15) is 0 Å². The Morgan fingerprint density at radius 1 is 1.33 bits per heavy atom. The molecule has 1 N–H and O–H groups in total. The largest absolute Gasteiger partial charge is 0.481 e. The van der Waals surface area contributed by atoms with Gasteiger partial charge in [-0.3, -0.25) is 4.79 Å². The average Bonchev–Trinajstić information content (AvgIpc) is 2.82. The van der Waals surface area contributed by atoms with Crippen LogP contribution >= 0.6 is 23.2 Å². The van der Waals surface area contributed by atoms with Crippen molar-refractivity contribution in [3.63, 3.8) is 0 Å². The number of carbonyl (C=O) groups is 1. The van der Waals surface area contributed by atoms with Gasteiger partial charge < -0.3 is 5.11 Å². The van der Waals surface area contributed by atoms with Crippen LogP contribution in [-0.2, 0) is 4.79 Å². The number of hydrogen-bond donors (Lipinski definition) is 1. The molecule has 4 heteroatoms. The molecule has 0 saturated heterocycles. The van der Waals surface area contributed by atoms with Gasteiger partial charge in [0.25, 0.3) is 0 Å². The van der Waals surface area contributed by atoms with Gasteiger partial charge in [-0.05, 0) is 35.6 Å². The molecule has 0 bridgehead atoms. The van der Waals surface area contributed by atoms with E-state index in [1.165, 1.54) is 0 Å². The number of aliphatic carboxylic acids is 1. The van der Waals surface area contributed by atoms with Crippen molar-refractivity contribution in [3.8, 4) is 0 Å². The summed E-state index contributed by atoms with van der Waals surface area (Å²) in [5.74, 6) is -0.820. The summed E-state index contributed by atoms with van der Waals surface area (Å²) < 4.78 is 0. The average molecular weight is 285 g/mol. The fourth-order valence-corrected chi connectivity index (χ4v) is 2.67. The summed E-state index contributed by atoms with van der Waals surface area (Å²) in [4.78, 5) is 11.4. The van der Waals surface area contributed by atoms with E-state index in [4.69, 9.17) is 23.2 Å². The van der Waals surface area contributed by atoms with Gasteiger partial charge in [-0.2, -0.15) is 0 Å². The Bertz CT molecular complexity index is 517. The number of carboxylic acid groups (broad SMARTS) is 1. The smallest absolute Gasteiger partial charge is 0.314 e. The molecule has 2 rings (SSSR count). The topological polar surface area (TPSA) is 37.3 Å². The van der Waals surface area contributed by atoms with Gasteiger partial charge in [0.15, 0.2) is 0 Å². The zero-order valence-electron chi connectivity index (χ0n) is 10.2. The molecule has 0 aromatic heterocycles. The Labute approximate surface area is 116 Å². The predicted molar refractivity (Wildman–Crippen MR) is 73.7 cm³/mol. The van der Waals surface area contributed by atoms with Crippen LogP contribution in [0.25, 0.3) is 5.03 Å². The molecule has 0 aliphatic heterocycles. The van der Waals surface area contributed by atoms with Gasteiger partial charge >= 0.3 is 5.97 Å². The molecule has 96 valence electrons. The number of benzene rings is 1. The van der Waals surface area contributed by atoms with Crippen LogP contribution in [0, 0.1) is 10.8 Å². The van der Waals surface area contributed by atoms with E-state index in [9.17, 15) is 9.90 Å². The summed E-state index contributed by atoms with van der Waals surface area (Å²) in [6.45, 7) is 3.87. The molecular formula is C14H14Cl2O2. The minimum Gasteiger partial charge on any atom is -0.481 e. The van der Waals surface area contributed by atoms with Gasteiger partial charge in [-0.15, -0.1) is 0 Å². The van der Waals surface area contributed by atoms with Crippen molar-refractivity contribution >= 4 is 34.2 Å². The second kappa shape index (κ2) is 4.29. The van der Waals surface area contributed by atoms with Crippen molar-refractivity contribution in [2.45, 2.75) is 20.3 Å². The van der Waals surface area contributed by atoms with Gasteiger partial charge in [-0.25, -0.2) is 0 Å². The van der Waals surface area contributed by atoms with E-state index < -0.39 is 11.4 Å². The molecule has 1 aromatic rings. The molecule has 1 aliphatic rings. The molecule has 0 radical (unpaired) electrons. The first-order valence-electron chi connectivity index (χ1n) is 5.66. The summed E-state index contributed by atoms with van der Waals surface area (Å²) in [6, 6.07) is 7.04. The standard InChI is InChI=1S/C14H14Cl2O2/c1-13(2)8-14(13,12(17)18)7-11(16)9-3-5-10(15)6-4-9/h3-7H,8H2,1-2H3,(H,17,18). The highest BCUT2D eigenvalue weighted by Crippen LogP contribution is 2.65. The van der Waals surface area contributed by atoms with Crippen molar-refractivity contribution in [1.29, 1.82) is 0 Å². The van der Waals surface area contributed by atoms with Crippen LogP contribution in [-0.4, -0.2) is 11.1 Å². The van der Waals surface area contributed by atoms with Crippen LogP contribution in [0.4, 0.5) is 0 Å². The first kappa shape index (κ1) is 13.4. The molecule has 1 aromatic carbocycles. The molecular weight excluding hydrogens is 271 g/mol. The van der Waals surface area contributed by atoms with Crippen LogP contribution in [0.1, 0.15) is 25.8 Å². The SMILES string of the molecule is CC1(C)CC1(C=C(Cl)c1ccc(Cl)cc1)C(=O)O. The maximum Gasteiger partial charge on any atom is 0.314 e. The van der Waals surface area contributed by atoms with Gasteiger partial charge in [-0.1, -0.05) is 49.2 Å². The number of hydrogen-bond acceptors (Lipinski definition) is 1. The molecule has 0 amide bonds. The minimum absolute atomic E-state index is 0.245. The van der Waals surface area contributed by atoms with Crippen molar-refractivity contribution in [2.24, 2.45) is 10.8 Å². The zero-order valence-corrected chi connectivity index (χ0v) is 11.7. The van der Waals surface area contributed by atoms with E-state index in [-0.39, 0.29) is 5.41 Å². The molecule has 1 atom stereocenters. The van der Waals surface area contributed by atoms with E-state index in [0.29, 0.717) is 16.5 Å². The van der Waals surface area contributed by atoms with Crippen LogP contribution in [0.3, 0.4) is 0 Å². The normalized spacial score (nSPS) is 25.9. The Morgan fingerprint density at radius 2 is 1.83 bits per heavy atom. The lowest BCUT2D eigenvalue weighted by molar-refractivity contribution is -0.142. The Kier molecular flexibility index (Phi) is 3.20. The lowest BCUT2D eigenvalue weighted by Gasteiger charge is -2.12. The summed E-state index contributed by atoms with van der Waals surface area (Å²) in [5, 5.41) is 10.4. The summed E-state index contributed by atoms with van der Waals surface area (Å²) in [5.41, 5.74) is -0.306. The van der Waals surface area contributed by atoms with E-state index >= 15 is 0 Å². The minimum atomic E-state index is -0.844. The molecule has 1 aliphatic carbocycles. The second-order valence-corrected chi connectivity index (χ2v) is 6.18. The molecule has 1 saturated carbocycles. The van der Waals surface area contributed by atoms with Crippen LogP contribution < -0.4 is 0 Å². The third-order valence-corrected chi connectivity index (χ3v) is 4.26. The summed E-state index contributed by atoms with van der Waals surface area (Å²) in [7, 11) is 0. The number of halogens is 2. The molecule has 2 nitrogen and oxygen atoms in total. The van der Waals surface area contributed by atoms with Gasteiger partial charge in [0, 0.05) is 10.1 Å². The summed E-state index contributed by atoms with van der Waals surface area (Å²) >= 11 is 12.0. The first-order valence-corrected chi connectivity index (χ1v) is 6.42. The van der Waals surface area contributed by atoms with Crippen molar-refractivity contribution in [3.05, 3.63) is 40.9 Å². The van der Waals surface area contributed by atoms with E-state index in [2.05, 4.69) is 0 Å². The van der Waals surface area contributed by atoms with Gasteiger partial charge in [0.05, 0.1) is 5.41 Å². The third kappa shape index (κ3) is 2.15. The molecule has 18 heavy (non-hydrogen) atoms. The second-order valence-electron chi connectivity index (χ2n) is 5.34. The quantitative estimate of drug-likeness (QED) is 0.892. The maximum atomic E-state index is 11.4. The van der Waals surface area contributed by atoms with Crippen LogP contribution in [0.5, 0.6) is 0 Å². The number of rotatable bonds is 3. The van der Waals surface area contributed by atoms with E-state index in [1.807, 2.05) is 13.8 Å². The predicted octanol–water partition coefficient (Wildman–Crippen LogP) is 4.42. The number of carboxylic acids is 1.